The average Bonchev–Trinajstić information content (AvgIpc) is 2.83. The molecule has 1 aromatic heterocycles. The molecule has 0 amide bonds. The van der Waals surface area contributed by atoms with E-state index in [1.54, 1.807) is 31.4 Å². The highest BCUT2D eigenvalue weighted by Crippen LogP contribution is 2.28. The van der Waals surface area contributed by atoms with Gasteiger partial charge in [0.05, 0.1) is 20.7 Å². The molecule has 20 heavy (non-hydrogen) atoms. The minimum absolute atomic E-state index is 0.506. The fourth-order valence-electron chi connectivity index (χ4n) is 1.61. The molecule has 0 unspecified atom stereocenters. The summed E-state index contributed by atoms with van der Waals surface area (Å²) in [5.41, 5.74) is 0.588. The molecule has 0 saturated carbocycles. The van der Waals surface area contributed by atoms with Crippen LogP contribution in [0.3, 0.4) is 0 Å². The van der Waals surface area contributed by atoms with E-state index in [0.717, 1.165) is 10.6 Å². The zero-order valence-electron chi connectivity index (χ0n) is 11.0. The van der Waals surface area contributed by atoms with Crippen LogP contribution < -0.4 is 0 Å². The number of thiazole rings is 1. The van der Waals surface area contributed by atoms with Crippen molar-refractivity contribution in [2.45, 2.75) is 25.7 Å². The summed E-state index contributed by atoms with van der Waals surface area (Å²) in [4.78, 5) is 15.6. The molecule has 0 spiro atoms. The molecule has 1 N–H and O–H groups in total. The van der Waals surface area contributed by atoms with Crippen LogP contribution in [0.5, 0.6) is 0 Å². The maximum atomic E-state index is 11.2. The Labute approximate surface area is 131 Å². The number of hydrogen-bond acceptors (Lipinski definition) is 3. The van der Waals surface area contributed by atoms with Crippen LogP contribution in [0.15, 0.2) is 23.6 Å². The number of hydrogen-bond donors (Lipinski definition) is 1. The second kappa shape index (κ2) is 5.72. The van der Waals surface area contributed by atoms with E-state index < -0.39 is 11.4 Å². The Morgan fingerprint density at radius 2 is 2.05 bits per heavy atom. The molecule has 0 bridgehead atoms. The molecule has 3 nitrogen and oxygen atoms in total. The summed E-state index contributed by atoms with van der Waals surface area (Å²) in [5, 5.41) is 12.9. The maximum Gasteiger partial charge on any atom is 0.315 e. The first-order valence-electron chi connectivity index (χ1n) is 5.93. The lowest BCUT2D eigenvalue weighted by atomic mass is 9.90. The molecule has 0 atom stereocenters. The van der Waals surface area contributed by atoms with Gasteiger partial charge in [0, 0.05) is 11.8 Å². The van der Waals surface area contributed by atoms with Crippen LogP contribution in [0.2, 0.25) is 10.0 Å². The van der Waals surface area contributed by atoms with Crippen LogP contribution in [0, 0.1) is 0 Å². The summed E-state index contributed by atoms with van der Waals surface area (Å²) in [6.45, 7) is 3.29. The number of rotatable bonds is 4. The van der Waals surface area contributed by atoms with E-state index in [1.807, 2.05) is 6.07 Å². The molecule has 0 aliphatic rings. The van der Waals surface area contributed by atoms with Gasteiger partial charge in [0.15, 0.2) is 0 Å². The predicted molar refractivity (Wildman–Crippen MR) is 82.0 cm³/mol. The molecular formula is C14H13Cl2NO2S. The molecule has 0 saturated heterocycles. The minimum Gasteiger partial charge on any atom is -0.481 e. The molecule has 0 aliphatic heterocycles. The molecule has 1 aromatic carbocycles. The highest BCUT2D eigenvalue weighted by atomic mass is 35.5. The van der Waals surface area contributed by atoms with Crippen LogP contribution >= 0.6 is 34.5 Å². The van der Waals surface area contributed by atoms with Crippen molar-refractivity contribution in [3.8, 4) is 0 Å². The smallest absolute Gasteiger partial charge is 0.315 e. The predicted octanol–water partition coefficient (Wildman–Crippen LogP) is 4.40. The third-order valence-corrected chi connectivity index (χ3v) is 4.65. The summed E-state index contributed by atoms with van der Waals surface area (Å²) in [5.74, 6) is -0.885. The lowest BCUT2D eigenvalue weighted by Crippen LogP contribution is -2.28. The Bertz CT molecular complexity index is 652. The largest absolute Gasteiger partial charge is 0.481 e. The number of carbonyl (C=O) groups is 1. The van der Waals surface area contributed by atoms with Gasteiger partial charge < -0.3 is 5.11 Å². The zero-order chi connectivity index (χ0) is 14.9. The van der Waals surface area contributed by atoms with Gasteiger partial charge in [0.2, 0.25) is 0 Å². The van der Waals surface area contributed by atoms with Gasteiger partial charge >= 0.3 is 5.97 Å². The van der Waals surface area contributed by atoms with Crippen molar-refractivity contribution >= 4 is 40.5 Å². The average molecular weight is 330 g/mol. The van der Waals surface area contributed by atoms with Crippen molar-refractivity contribution in [2.24, 2.45) is 0 Å². The SMILES string of the molecule is CC(C)(C(=O)O)c1csc(Cc2ccc(Cl)c(Cl)c2)n1. The van der Waals surface area contributed by atoms with Crippen molar-refractivity contribution < 1.29 is 9.90 Å². The number of aromatic nitrogens is 1. The van der Waals surface area contributed by atoms with Gasteiger partial charge in [0.25, 0.3) is 0 Å². The highest BCUT2D eigenvalue weighted by molar-refractivity contribution is 7.09. The monoisotopic (exact) mass is 329 g/mol. The van der Waals surface area contributed by atoms with E-state index in [1.165, 1.54) is 11.3 Å². The normalized spacial score (nSPS) is 11.6. The molecule has 0 radical (unpaired) electrons. The standard InChI is InChI=1S/C14H13Cl2NO2S/c1-14(2,13(18)19)11-7-20-12(17-11)6-8-3-4-9(15)10(16)5-8/h3-5,7H,6H2,1-2H3,(H,18,19). The summed E-state index contributed by atoms with van der Waals surface area (Å²) in [6, 6.07) is 5.43. The van der Waals surface area contributed by atoms with Crippen molar-refractivity contribution in [2.75, 3.05) is 0 Å². The van der Waals surface area contributed by atoms with Crippen LogP contribution in [-0.2, 0) is 16.6 Å². The molecule has 1 heterocycles. The van der Waals surface area contributed by atoms with Crippen LogP contribution in [-0.4, -0.2) is 16.1 Å². The number of benzene rings is 1. The van der Waals surface area contributed by atoms with E-state index in [-0.39, 0.29) is 0 Å². The number of aliphatic carboxylic acids is 1. The number of carboxylic acids is 1. The molecule has 2 rings (SSSR count). The van der Waals surface area contributed by atoms with Crippen LogP contribution in [0.4, 0.5) is 0 Å². The fraction of sp³-hybridized carbons (Fsp3) is 0.286. The number of halogens is 2. The van der Waals surface area contributed by atoms with E-state index in [0.29, 0.717) is 22.2 Å². The number of carboxylic acid groups (broad SMARTS) is 1. The topological polar surface area (TPSA) is 50.2 Å². The highest BCUT2D eigenvalue weighted by Gasteiger charge is 2.32. The second-order valence-electron chi connectivity index (χ2n) is 4.98. The van der Waals surface area contributed by atoms with Crippen molar-refractivity contribution in [3.63, 3.8) is 0 Å². The molecule has 0 fully saturated rings. The summed E-state index contributed by atoms with van der Waals surface area (Å²) in [6.07, 6.45) is 0.608. The van der Waals surface area contributed by atoms with Gasteiger partial charge in [-0.2, -0.15) is 0 Å². The Morgan fingerprint density at radius 3 is 2.65 bits per heavy atom. The first-order chi connectivity index (χ1) is 9.30. The first kappa shape index (κ1) is 15.3. The maximum absolute atomic E-state index is 11.2. The van der Waals surface area contributed by atoms with Gasteiger partial charge in [-0.1, -0.05) is 29.3 Å². The fourth-order valence-corrected chi connectivity index (χ4v) is 2.93. The van der Waals surface area contributed by atoms with Gasteiger partial charge in [-0.15, -0.1) is 11.3 Å². The van der Waals surface area contributed by atoms with E-state index in [2.05, 4.69) is 4.98 Å². The summed E-state index contributed by atoms with van der Waals surface area (Å²) in [7, 11) is 0. The number of nitrogens with zero attached hydrogens (tertiary/aromatic N) is 1. The molecule has 2 aromatic rings. The third kappa shape index (κ3) is 3.14. The van der Waals surface area contributed by atoms with Gasteiger partial charge in [-0.05, 0) is 31.5 Å². The Hall–Kier alpha value is -1.10. The lowest BCUT2D eigenvalue weighted by molar-refractivity contribution is -0.142. The van der Waals surface area contributed by atoms with Crippen molar-refractivity contribution in [1.29, 1.82) is 0 Å². The van der Waals surface area contributed by atoms with Crippen molar-refractivity contribution in [1.82, 2.24) is 4.98 Å². The lowest BCUT2D eigenvalue weighted by Gasteiger charge is -2.15. The van der Waals surface area contributed by atoms with E-state index in [4.69, 9.17) is 23.2 Å². The van der Waals surface area contributed by atoms with Gasteiger partial charge in [-0.3, -0.25) is 4.79 Å². The van der Waals surface area contributed by atoms with Gasteiger partial charge in [0.1, 0.15) is 5.41 Å². The molecule has 106 valence electrons. The van der Waals surface area contributed by atoms with Gasteiger partial charge in [-0.25, -0.2) is 4.98 Å². The zero-order valence-corrected chi connectivity index (χ0v) is 13.3. The molecule has 6 heteroatoms. The molecular weight excluding hydrogens is 317 g/mol. The first-order valence-corrected chi connectivity index (χ1v) is 7.56. The quantitative estimate of drug-likeness (QED) is 0.904. The molecule has 0 aliphatic carbocycles. The Kier molecular flexibility index (Phi) is 4.37. The van der Waals surface area contributed by atoms with Crippen LogP contribution in [0.25, 0.3) is 0 Å². The Balaban J connectivity index is 2.21. The summed E-state index contributed by atoms with van der Waals surface area (Å²) < 4.78 is 0. The third-order valence-electron chi connectivity index (χ3n) is 3.07. The minimum atomic E-state index is -0.980. The van der Waals surface area contributed by atoms with Crippen LogP contribution in [0.1, 0.15) is 30.1 Å². The summed E-state index contributed by atoms with van der Waals surface area (Å²) >= 11 is 13.3. The van der Waals surface area contributed by atoms with E-state index >= 15 is 0 Å². The van der Waals surface area contributed by atoms with Crippen molar-refractivity contribution in [3.05, 3.63) is 49.9 Å². The Morgan fingerprint density at radius 1 is 1.35 bits per heavy atom. The second-order valence-corrected chi connectivity index (χ2v) is 6.74. The van der Waals surface area contributed by atoms with E-state index in [9.17, 15) is 9.90 Å².